The quantitative estimate of drug-likeness (QED) is 0.557. The third-order valence-corrected chi connectivity index (χ3v) is 2.81. The number of allylic oxidation sites excluding steroid dienone is 1. The van der Waals surface area contributed by atoms with Gasteiger partial charge in [0.15, 0.2) is 0 Å². The van der Waals surface area contributed by atoms with Crippen LogP contribution in [-0.4, -0.2) is 13.1 Å². The molecule has 0 bridgehead atoms. The zero-order valence-corrected chi connectivity index (χ0v) is 11.4. The Hall–Kier alpha value is -1.08. The van der Waals surface area contributed by atoms with Crippen molar-refractivity contribution in [2.24, 2.45) is 5.92 Å². The summed E-state index contributed by atoms with van der Waals surface area (Å²) >= 11 is 0. The lowest BCUT2D eigenvalue weighted by atomic mass is 10.1. The molecule has 0 unspecified atom stereocenters. The summed E-state index contributed by atoms with van der Waals surface area (Å²) < 4.78 is 0. The molecule has 17 heavy (non-hydrogen) atoms. The SMILES string of the molecule is Cc1ccccc1CC=CCCNCC(C)C. The minimum absolute atomic E-state index is 0.742. The number of nitrogens with one attached hydrogen (secondary N) is 1. The van der Waals surface area contributed by atoms with Crippen molar-refractivity contribution in [1.29, 1.82) is 0 Å². The Morgan fingerprint density at radius 2 is 1.94 bits per heavy atom. The van der Waals surface area contributed by atoms with E-state index in [4.69, 9.17) is 0 Å². The summed E-state index contributed by atoms with van der Waals surface area (Å²) in [6.45, 7) is 8.85. The van der Waals surface area contributed by atoms with E-state index in [1.165, 1.54) is 11.1 Å². The summed E-state index contributed by atoms with van der Waals surface area (Å²) in [7, 11) is 0. The van der Waals surface area contributed by atoms with Crippen molar-refractivity contribution in [3.8, 4) is 0 Å². The molecule has 0 radical (unpaired) electrons. The summed E-state index contributed by atoms with van der Waals surface area (Å²) in [5, 5.41) is 3.44. The van der Waals surface area contributed by atoms with Crippen molar-refractivity contribution in [3.05, 3.63) is 47.5 Å². The first-order valence-corrected chi connectivity index (χ1v) is 6.60. The fourth-order valence-corrected chi connectivity index (χ4v) is 1.74. The Morgan fingerprint density at radius 1 is 1.18 bits per heavy atom. The molecule has 94 valence electrons. The molecule has 0 aliphatic carbocycles. The molecular weight excluding hydrogens is 206 g/mol. The molecule has 1 rings (SSSR count). The number of hydrogen-bond donors (Lipinski definition) is 1. The largest absolute Gasteiger partial charge is 0.316 e. The highest BCUT2D eigenvalue weighted by Gasteiger charge is 1.93. The third kappa shape index (κ3) is 6.28. The van der Waals surface area contributed by atoms with Crippen LogP contribution < -0.4 is 5.32 Å². The van der Waals surface area contributed by atoms with Gasteiger partial charge in [-0.3, -0.25) is 0 Å². The van der Waals surface area contributed by atoms with Crippen LogP contribution in [0.4, 0.5) is 0 Å². The van der Waals surface area contributed by atoms with Gasteiger partial charge in [0, 0.05) is 0 Å². The van der Waals surface area contributed by atoms with Crippen molar-refractivity contribution in [3.63, 3.8) is 0 Å². The summed E-state index contributed by atoms with van der Waals surface area (Å²) in [5.74, 6) is 0.742. The molecule has 1 aromatic rings. The minimum atomic E-state index is 0.742. The lowest BCUT2D eigenvalue weighted by Gasteiger charge is -2.05. The molecule has 0 saturated carbocycles. The molecule has 0 spiro atoms. The Labute approximate surface area is 106 Å². The summed E-state index contributed by atoms with van der Waals surface area (Å²) in [6, 6.07) is 8.59. The average molecular weight is 231 g/mol. The standard InChI is InChI=1S/C16H25N/c1-14(2)13-17-12-8-4-5-10-16-11-7-6-9-15(16)3/h4-7,9,11,14,17H,8,10,12-13H2,1-3H3. The molecule has 1 N–H and O–H groups in total. The maximum Gasteiger partial charge on any atom is -0.00142 e. The van der Waals surface area contributed by atoms with Gasteiger partial charge in [-0.2, -0.15) is 0 Å². The molecule has 1 nitrogen and oxygen atoms in total. The predicted octanol–water partition coefficient (Wildman–Crippen LogP) is 3.73. The van der Waals surface area contributed by atoms with E-state index in [1.807, 2.05) is 0 Å². The van der Waals surface area contributed by atoms with Gasteiger partial charge in [0.25, 0.3) is 0 Å². The van der Waals surface area contributed by atoms with E-state index in [2.05, 4.69) is 62.5 Å². The fourth-order valence-electron chi connectivity index (χ4n) is 1.74. The van der Waals surface area contributed by atoms with E-state index in [0.29, 0.717) is 0 Å². The van der Waals surface area contributed by atoms with Crippen LogP contribution in [0, 0.1) is 12.8 Å². The zero-order chi connectivity index (χ0) is 12.5. The van der Waals surface area contributed by atoms with Gasteiger partial charge in [-0.1, -0.05) is 50.3 Å². The summed E-state index contributed by atoms with van der Waals surface area (Å²) in [5.41, 5.74) is 2.81. The monoisotopic (exact) mass is 231 g/mol. The molecule has 0 amide bonds. The Kier molecular flexibility index (Phi) is 6.64. The highest BCUT2D eigenvalue weighted by molar-refractivity contribution is 5.27. The Morgan fingerprint density at radius 3 is 2.65 bits per heavy atom. The molecule has 0 aromatic heterocycles. The number of rotatable bonds is 7. The van der Waals surface area contributed by atoms with Gasteiger partial charge in [0.05, 0.1) is 0 Å². The first-order chi connectivity index (χ1) is 8.20. The van der Waals surface area contributed by atoms with Gasteiger partial charge in [-0.25, -0.2) is 0 Å². The van der Waals surface area contributed by atoms with Crippen molar-refractivity contribution in [1.82, 2.24) is 5.32 Å². The maximum absolute atomic E-state index is 3.44. The minimum Gasteiger partial charge on any atom is -0.316 e. The van der Waals surface area contributed by atoms with E-state index in [0.717, 1.165) is 31.8 Å². The highest BCUT2D eigenvalue weighted by Crippen LogP contribution is 2.08. The normalized spacial score (nSPS) is 11.5. The first kappa shape index (κ1) is 14.0. The summed E-state index contributed by atoms with van der Waals surface area (Å²) in [6.07, 6.45) is 6.73. The van der Waals surface area contributed by atoms with E-state index in [9.17, 15) is 0 Å². The van der Waals surface area contributed by atoms with Crippen LogP contribution in [0.5, 0.6) is 0 Å². The van der Waals surface area contributed by atoms with E-state index in [1.54, 1.807) is 0 Å². The highest BCUT2D eigenvalue weighted by atomic mass is 14.8. The van der Waals surface area contributed by atoms with Crippen LogP contribution in [0.3, 0.4) is 0 Å². The maximum atomic E-state index is 3.44. The van der Waals surface area contributed by atoms with Crippen LogP contribution in [0.2, 0.25) is 0 Å². The van der Waals surface area contributed by atoms with Crippen molar-refractivity contribution < 1.29 is 0 Å². The van der Waals surface area contributed by atoms with Crippen LogP contribution >= 0.6 is 0 Å². The number of hydrogen-bond acceptors (Lipinski definition) is 1. The van der Waals surface area contributed by atoms with Gasteiger partial charge in [-0.05, 0) is 49.9 Å². The van der Waals surface area contributed by atoms with Crippen LogP contribution in [0.1, 0.15) is 31.4 Å². The van der Waals surface area contributed by atoms with Gasteiger partial charge in [-0.15, -0.1) is 0 Å². The second kappa shape index (κ2) is 8.08. The third-order valence-electron chi connectivity index (χ3n) is 2.81. The Balaban J connectivity index is 2.16. The Bertz CT molecular complexity index is 339. The molecule has 1 aromatic carbocycles. The van der Waals surface area contributed by atoms with Crippen molar-refractivity contribution >= 4 is 0 Å². The molecular formula is C16H25N. The lowest BCUT2D eigenvalue weighted by Crippen LogP contribution is -2.20. The molecule has 0 aliphatic rings. The molecule has 0 atom stereocenters. The van der Waals surface area contributed by atoms with Gasteiger partial charge >= 0.3 is 0 Å². The van der Waals surface area contributed by atoms with Gasteiger partial charge in [0.2, 0.25) is 0 Å². The molecule has 0 heterocycles. The lowest BCUT2D eigenvalue weighted by molar-refractivity contribution is 0.556. The second-order valence-electron chi connectivity index (χ2n) is 4.99. The van der Waals surface area contributed by atoms with Gasteiger partial charge < -0.3 is 5.32 Å². The predicted molar refractivity (Wildman–Crippen MR) is 76.3 cm³/mol. The molecule has 1 heteroatoms. The van der Waals surface area contributed by atoms with Crippen molar-refractivity contribution in [2.45, 2.75) is 33.6 Å². The number of benzene rings is 1. The topological polar surface area (TPSA) is 12.0 Å². The number of aryl methyl sites for hydroxylation is 1. The van der Waals surface area contributed by atoms with Crippen molar-refractivity contribution in [2.75, 3.05) is 13.1 Å². The van der Waals surface area contributed by atoms with Crippen LogP contribution in [0.15, 0.2) is 36.4 Å². The van der Waals surface area contributed by atoms with Crippen LogP contribution in [-0.2, 0) is 6.42 Å². The van der Waals surface area contributed by atoms with Gasteiger partial charge in [0.1, 0.15) is 0 Å². The molecule has 0 fully saturated rings. The fraction of sp³-hybridized carbons (Fsp3) is 0.500. The van der Waals surface area contributed by atoms with E-state index < -0.39 is 0 Å². The second-order valence-corrected chi connectivity index (χ2v) is 4.99. The molecule has 0 saturated heterocycles. The van der Waals surface area contributed by atoms with Crippen LogP contribution in [0.25, 0.3) is 0 Å². The average Bonchev–Trinajstić information content (AvgIpc) is 2.30. The van der Waals surface area contributed by atoms with E-state index in [-0.39, 0.29) is 0 Å². The zero-order valence-electron chi connectivity index (χ0n) is 11.4. The summed E-state index contributed by atoms with van der Waals surface area (Å²) in [4.78, 5) is 0. The first-order valence-electron chi connectivity index (χ1n) is 6.60. The van der Waals surface area contributed by atoms with E-state index >= 15 is 0 Å². The smallest absolute Gasteiger partial charge is 0.00142 e. The molecule has 0 aliphatic heterocycles.